The molecule has 0 heterocycles. The van der Waals surface area contributed by atoms with Crippen molar-refractivity contribution in [3.8, 4) is 6.07 Å². The maximum absolute atomic E-state index is 9.39. The van der Waals surface area contributed by atoms with Crippen molar-refractivity contribution in [1.82, 2.24) is 5.32 Å². The Hall–Kier alpha value is -0.590. The molecule has 18 heavy (non-hydrogen) atoms. The number of rotatable bonds is 5. The first-order chi connectivity index (χ1) is 8.63. The fourth-order valence-corrected chi connectivity index (χ4v) is 3.41. The first-order valence-corrected chi connectivity index (χ1v) is 7.44. The minimum Gasteiger partial charge on any atom is -0.378 e. The summed E-state index contributed by atoms with van der Waals surface area (Å²) in [5.74, 6) is 0.778. The van der Waals surface area contributed by atoms with E-state index in [1.54, 1.807) is 0 Å². The van der Waals surface area contributed by atoms with Crippen molar-refractivity contribution in [3.63, 3.8) is 0 Å². The molecule has 2 atom stereocenters. The van der Waals surface area contributed by atoms with E-state index in [1.807, 2.05) is 0 Å². The molecule has 0 aliphatic heterocycles. The maximum Gasteiger partial charge on any atom is 0.109 e. The standard InChI is InChI=1S/C15H26N2O/c1-12(2)17-15(11-16)8-7-14(9-15)18-10-13-5-3-4-6-13/h12-14,17H,3-10H2,1-2H3. The summed E-state index contributed by atoms with van der Waals surface area (Å²) in [5, 5.41) is 12.8. The molecule has 2 aliphatic rings. The molecule has 3 nitrogen and oxygen atoms in total. The van der Waals surface area contributed by atoms with Gasteiger partial charge in [-0.3, -0.25) is 5.32 Å². The summed E-state index contributed by atoms with van der Waals surface area (Å²) in [6, 6.07) is 2.84. The summed E-state index contributed by atoms with van der Waals surface area (Å²) in [5.41, 5.74) is -0.339. The zero-order chi connectivity index (χ0) is 13.0. The van der Waals surface area contributed by atoms with Crippen LogP contribution in [-0.4, -0.2) is 24.3 Å². The Balaban J connectivity index is 1.77. The fraction of sp³-hybridized carbons (Fsp3) is 0.933. The number of hydrogen-bond donors (Lipinski definition) is 1. The minimum absolute atomic E-state index is 0.288. The normalized spacial score (nSPS) is 33.1. The topological polar surface area (TPSA) is 45.0 Å². The van der Waals surface area contributed by atoms with Gasteiger partial charge in [-0.25, -0.2) is 0 Å². The van der Waals surface area contributed by atoms with Crippen molar-refractivity contribution in [2.75, 3.05) is 6.61 Å². The van der Waals surface area contributed by atoms with Crippen LogP contribution in [0.4, 0.5) is 0 Å². The molecule has 2 aliphatic carbocycles. The highest BCUT2D eigenvalue weighted by atomic mass is 16.5. The predicted molar refractivity (Wildman–Crippen MR) is 72.2 cm³/mol. The van der Waals surface area contributed by atoms with Gasteiger partial charge in [-0.2, -0.15) is 5.26 Å². The van der Waals surface area contributed by atoms with Crippen molar-refractivity contribution in [2.24, 2.45) is 5.92 Å². The van der Waals surface area contributed by atoms with Crippen LogP contribution in [0.2, 0.25) is 0 Å². The van der Waals surface area contributed by atoms with Crippen molar-refractivity contribution in [2.45, 2.75) is 76.5 Å². The summed E-state index contributed by atoms with van der Waals surface area (Å²) in [6.45, 7) is 5.12. The van der Waals surface area contributed by atoms with Crippen LogP contribution in [0, 0.1) is 17.2 Å². The average molecular weight is 250 g/mol. The fourth-order valence-electron chi connectivity index (χ4n) is 3.41. The second-order valence-corrected chi connectivity index (χ2v) is 6.34. The summed E-state index contributed by atoms with van der Waals surface area (Å²) in [4.78, 5) is 0. The molecular formula is C15H26N2O. The molecular weight excluding hydrogens is 224 g/mol. The van der Waals surface area contributed by atoms with E-state index in [1.165, 1.54) is 25.7 Å². The Kier molecular flexibility index (Phi) is 4.64. The van der Waals surface area contributed by atoms with Crippen LogP contribution in [0.1, 0.15) is 58.8 Å². The Bertz CT molecular complexity index is 304. The smallest absolute Gasteiger partial charge is 0.109 e. The third-order valence-corrected chi connectivity index (χ3v) is 4.29. The molecule has 0 bridgehead atoms. The van der Waals surface area contributed by atoms with Crippen LogP contribution in [-0.2, 0) is 4.74 Å². The summed E-state index contributed by atoms with van der Waals surface area (Å²) in [6.07, 6.45) is 8.51. The first-order valence-electron chi connectivity index (χ1n) is 7.44. The zero-order valence-electron chi connectivity index (χ0n) is 11.7. The molecule has 2 saturated carbocycles. The van der Waals surface area contributed by atoms with E-state index in [2.05, 4.69) is 25.2 Å². The molecule has 2 rings (SSSR count). The van der Waals surface area contributed by atoms with Crippen LogP contribution >= 0.6 is 0 Å². The van der Waals surface area contributed by atoms with Gasteiger partial charge >= 0.3 is 0 Å². The summed E-state index contributed by atoms with van der Waals surface area (Å²) >= 11 is 0. The van der Waals surface area contributed by atoms with E-state index in [4.69, 9.17) is 4.74 Å². The van der Waals surface area contributed by atoms with Gasteiger partial charge in [0.05, 0.1) is 12.2 Å². The molecule has 2 fully saturated rings. The molecule has 0 spiro atoms. The van der Waals surface area contributed by atoms with E-state index in [-0.39, 0.29) is 11.6 Å². The lowest BCUT2D eigenvalue weighted by atomic mass is 9.98. The number of nitrogens with one attached hydrogen (secondary N) is 1. The Morgan fingerprint density at radius 1 is 1.33 bits per heavy atom. The van der Waals surface area contributed by atoms with E-state index < -0.39 is 0 Å². The second-order valence-electron chi connectivity index (χ2n) is 6.34. The van der Waals surface area contributed by atoms with Crippen molar-refractivity contribution >= 4 is 0 Å². The van der Waals surface area contributed by atoms with Gasteiger partial charge in [-0.05, 0) is 45.4 Å². The zero-order valence-corrected chi connectivity index (χ0v) is 11.7. The van der Waals surface area contributed by atoms with Crippen molar-refractivity contribution in [3.05, 3.63) is 0 Å². The van der Waals surface area contributed by atoms with E-state index in [0.29, 0.717) is 6.04 Å². The van der Waals surface area contributed by atoms with Gasteiger partial charge in [0.2, 0.25) is 0 Å². The third-order valence-electron chi connectivity index (χ3n) is 4.29. The SMILES string of the molecule is CC(C)NC1(C#N)CCC(OCC2CCCC2)C1. The van der Waals surface area contributed by atoms with E-state index >= 15 is 0 Å². The van der Waals surface area contributed by atoms with Gasteiger partial charge < -0.3 is 4.74 Å². The molecule has 0 saturated heterocycles. The predicted octanol–water partition coefficient (Wildman–Crippen LogP) is 3.01. The summed E-state index contributed by atoms with van der Waals surface area (Å²) < 4.78 is 6.03. The lowest BCUT2D eigenvalue weighted by Gasteiger charge is -2.25. The Morgan fingerprint density at radius 2 is 2.06 bits per heavy atom. The Labute approximate surface area is 111 Å². The molecule has 0 aromatic carbocycles. The van der Waals surface area contributed by atoms with Crippen LogP contribution in [0.5, 0.6) is 0 Å². The number of nitrogens with zero attached hydrogens (tertiary/aromatic N) is 1. The van der Waals surface area contributed by atoms with Gasteiger partial charge in [0.1, 0.15) is 5.54 Å². The third kappa shape index (κ3) is 3.46. The quantitative estimate of drug-likeness (QED) is 0.816. The second kappa shape index (κ2) is 6.04. The van der Waals surface area contributed by atoms with Gasteiger partial charge in [0.15, 0.2) is 0 Å². The maximum atomic E-state index is 9.39. The minimum atomic E-state index is -0.339. The monoisotopic (exact) mass is 250 g/mol. The molecule has 102 valence electrons. The average Bonchev–Trinajstić information content (AvgIpc) is 2.95. The van der Waals surface area contributed by atoms with Crippen molar-refractivity contribution in [1.29, 1.82) is 5.26 Å². The molecule has 0 aromatic heterocycles. The van der Waals surface area contributed by atoms with Crippen LogP contribution < -0.4 is 5.32 Å². The number of ether oxygens (including phenoxy) is 1. The van der Waals surface area contributed by atoms with Gasteiger partial charge in [0, 0.05) is 19.1 Å². The molecule has 0 amide bonds. The van der Waals surface area contributed by atoms with Gasteiger partial charge in [0.25, 0.3) is 0 Å². The van der Waals surface area contributed by atoms with E-state index in [0.717, 1.165) is 31.8 Å². The largest absolute Gasteiger partial charge is 0.378 e. The van der Waals surface area contributed by atoms with Gasteiger partial charge in [-0.1, -0.05) is 12.8 Å². The molecule has 0 radical (unpaired) electrons. The van der Waals surface area contributed by atoms with Crippen LogP contribution in [0.3, 0.4) is 0 Å². The highest BCUT2D eigenvalue weighted by Crippen LogP contribution is 2.33. The van der Waals surface area contributed by atoms with Gasteiger partial charge in [-0.15, -0.1) is 0 Å². The highest BCUT2D eigenvalue weighted by Gasteiger charge is 2.40. The van der Waals surface area contributed by atoms with Crippen LogP contribution in [0.15, 0.2) is 0 Å². The summed E-state index contributed by atoms with van der Waals surface area (Å²) in [7, 11) is 0. The highest BCUT2D eigenvalue weighted by molar-refractivity contribution is 5.12. The molecule has 2 unspecified atom stereocenters. The lowest BCUT2D eigenvalue weighted by molar-refractivity contribution is 0.0315. The number of nitriles is 1. The molecule has 3 heteroatoms. The van der Waals surface area contributed by atoms with Crippen molar-refractivity contribution < 1.29 is 4.74 Å². The molecule has 1 N–H and O–H groups in total. The Morgan fingerprint density at radius 3 is 2.67 bits per heavy atom. The number of hydrogen-bond acceptors (Lipinski definition) is 3. The first kappa shape index (κ1) is 13.8. The van der Waals surface area contributed by atoms with E-state index in [9.17, 15) is 5.26 Å². The molecule has 0 aromatic rings. The lowest BCUT2D eigenvalue weighted by Crippen LogP contribution is -2.46. The van der Waals surface area contributed by atoms with Crippen LogP contribution in [0.25, 0.3) is 0 Å².